The molecule has 0 aliphatic carbocycles. The Bertz CT molecular complexity index is 769. The van der Waals surface area contributed by atoms with Gasteiger partial charge in [-0.05, 0) is 30.7 Å². The minimum absolute atomic E-state index is 0.235. The van der Waals surface area contributed by atoms with Crippen LogP contribution in [0.5, 0.6) is 0 Å². The first kappa shape index (κ1) is 18.2. The van der Waals surface area contributed by atoms with E-state index in [2.05, 4.69) is 10.6 Å². The molecule has 2 aromatic rings. The van der Waals surface area contributed by atoms with E-state index in [9.17, 15) is 14.4 Å². The molecule has 0 aliphatic rings. The van der Waals surface area contributed by atoms with Crippen LogP contribution in [0.3, 0.4) is 0 Å². The first-order valence-electron chi connectivity index (χ1n) is 7.81. The number of amides is 2. The van der Waals surface area contributed by atoms with Gasteiger partial charge in [0, 0.05) is 19.2 Å². The molecule has 0 aliphatic heterocycles. The molecule has 130 valence electrons. The fourth-order valence-electron chi connectivity index (χ4n) is 2.10. The lowest BCUT2D eigenvalue weighted by molar-refractivity contribution is -0.124. The topological polar surface area (TPSA) is 84.5 Å². The van der Waals surface area contributed by atoms with Gasteiger partial charge in [-0.2, -0.15) is 0 Å². The summed E-state index contributed by atoms with van der Waals surface area (Å²) in [6, 6.07) is 14.1. The van der Waals surface area contributed by atoms with Crippen molar-refractivity contribution in [3.63, 3.8) is 0 Å². The largest absolute Gasteiger partial charge is 0.452 e. The number of hydrogen-bond donors (Lipinski definition) is 2. The Hall–Kier alpha value is -3.15. The Labute approximate surface area is 146 Å². The van der Waals surface area contributed by atoms with Crippen LogP contribution in [0, 0.1) is 6.92 Å². The quantitative estimate of drug-likeness (QED) is 0.791. The van der Waals surface area contributed by atoms with Crippen LogP contribution in [0.1, 0.15) is 28.4 Å². The Balaban J connectivity index is 1.81. The predicted octanol–water partition coefficient (Wildman–Crippen LogP) is 2.43. The normalized spacial score (nSPS) is 10.0. The fraction of sp³-hybridized carbons (Fsp3) is 0.211. The van der Waals surface area contributed by atoms with Gasteiger partial charge in [0.15, 0.2) is 6.61 Å². The minimum Gasteiger partial charge on any atom is -0.452 e. The molecule has 0 unspecified atom stereocenters. The van der Waals surface area contributed by atoms with Crippen LogP contribution >= 0.6 is 0 Å². The molecule has 0 radical (unpaired) electrons. The summed E-state index contributed by atoms with van der Waals surface area (Å²) in [5, 5.41) is 5.27. The van der Waals surface area contributed by atoms with E-state index in [-0.39, 0.29) is 24.0 Å². The summed E-state index contributed by atoms with van der Waals surface area (Å²) in [5.74, 6) is -1.24. The van der Waals surface area contributed by atoms with Crippen LogP contribution in [0.4, 0.5) is 5.69 Å². The van der Waals surface area contributed by atoms with E-state index < -0.39 is 5.97 Å². The SMILES string of the molecule is CC(=O)Nc1cccc(C(=O)OCC(=O)NCc2ccc(C)cc2)c1. The number of ether oxygens (including phenoxy) is 1. The van der Waals surface area contributed by atoms with E-state index in [0.717, 1.165) is 11.1 Å². The molecule has 0 atom stereocenters. The molecule has 0 saturated carbocycles. The molecule has 2 amide bonds. The molecular weight excluding hydrogens is 320 g/mol. The summed E-state index contributed by atoms with van der Waals surface area (Å²) in [4.78, 5) is 34.8. The van der Waals surface area contributed by atoms with Crippen LogP contribution in [0.25, 0.3) is 0 Å². The lowest BCUT2D eigenvalue weighted by atomic mass is 10.1. The van der Waals surface area contributed by atoms with Crippen molar-refractivity contribution in [2.24, 2.45) is 0 Å². The Morgan fingerprint density at radius 2 is 1.76 bits per heavy atom. The highest BCUT2D eigenvalue weighted by atomic mass is 16.5. The zero-order valence-electron chi connectivity index (χ0n) is 14.2. The molecular formula is C19H20N2O4. The van der Waals surface area contributed by atoms with Crippen molar-refractivity contribution in [3.8, 4) is 0 Å². The third-order valence-corrected chi connectivity index (χ3v) is 3.36. The number of rotatable bonds is 6. The maximum atomic E-state index is 12.0. The lowest BCUT2D eigenvalue weighted by Gasteiger charge is -2.08. The van der Waals surface area contributed by atoms with Crippen molar-refractivity contribution in [3.05, 3.63) is 65.2 Å². The van der Waals surface area contributed by atoms with Crippen LogP contribution in [0.2, 0.25) is 0 Å². The van der Waals surface area contributed by atoms with Gasteiger partial charge >= 0.3 is 5.97 Å². The second-order valence-corrected chi connectivity index (χ2v) is 5.60. The number of nitrogens with one attached hydrogen (secondary N) is 2. The molecule has 6 heteroatoms. The average Bonchev–Trinajstić information content (AvgIpc) is 2.59. The van der Waals surface area contributed by atoms with Crippen molar-refractivity contribution in [2.75, 3.05) is 11.9 Å². The Morgan fingerprint density at radius 3 is 2.44 bits per heavy atom. The van der Waals surface area contributed by atoms with Crippen LogP contribution in [-0.2, 0) is 20.9 Å². The van der Waals surface area contributed by atoms with Gasteiger partial charge in [-0.25, -0.2) is 4.79 Å². The highest BCUT2D eigenvalue weighted by Crippen LogP contribution is 2.11. The lowest BCUT2D eigenvalue weighted by Crippen LogP contribution is -2.28. The van der Waals surface area contributed by atoms with Gasteiger partial charge in [-0.1, -0.05) is 35.9 Å². The summed E-state index contributed by atoms with van der Waals surface area (Å²) in [6.45, 7) is 3.37. The van der Waals surface area contributed by atoms with E-state index in [4.69, 9.17) is 4.74 Å². The molecule has 2 rings (SSSR count). The maximum absolute atomic E-state index is 12.0. The van der Waals surface area contributed by atoms with E-state index in [0.29, 0.717) is 12.2 Å². The molecule has 0 fully saturated rings. The fourth-order valence-corrected chi connectivity index (χ4v) is 2.10. The first-order valence-corrected chi connectivity index (χ1v) is 7.81. The van der Waals surface area contributed by atoms with Crippen molar-refractivity contribution < 1.29 is 19.1 Å². The first-order chi connectivity index (χ1) is 11.9. The highest BCUT2D eigenvalue weighted by molar-refractivity contribution is 5.94. The number of aryl methyl sites for hydroxylation is 1. The third-order valence-electron chi connectivity index (χ3n) is 3.36. The summed E-state index contributed by atoms with van der Waals surface area (Å²) >= 11 is 0. The van der Waals surface area contributed by atoms with Crippen molar-refractivity contribution in [2.45, 2.75) is 20.4 Å². The van der Waals surface area contributed by atoms with E-state index in [1.165, 1.54) is 13.0 Å². The Morgan fingerprint density at radius 1 is 1.04 bits per heavy atom. The summed E-state index contributed by atoms with van der Waals surface area (Å²) in [7, 11) is 0. The molecule has 2 N–H and O–H groups in total. The van der Waals surface area contributed by atoms with Gasteiger partial charge in [0.2, 0.25) is 5.91 Å². The molecule has 0 aromatic heterocycles. The maximum Gasteiger partial charge on any atom is 0.338 e. The van der Waals surface area contributed by atoms with Crippen LogP contribution in [0.15, 0.2) is 48.5 Å². The summed E-state index contributed by atoms with van der Waals surface area (Å²) in [5.41, 5.74) is 2.86. The van der Waals surface area contributed by atoms with Crippen LogP contribution in [-0.4, -0.2) is 24.4 Å². The molecule has 2 aromatic carbocycles. The molecule has 0 heterocycles. The van der Waals surface area contributed by atoms with Gasteiger partial charge < -0.3 is 15.4 Å². The standard InChI is InChI=1S/C19H20N2O4/c1-13-6-8-15(9-7-13)11-20-18(23)12-25-19(24)16-4-3-5-17(10-16)21-14(2)22/h3-10H,11-12H2,1-2H3,(H,20,23)(H,21,22). The predicted molar refractivity (Wildman–Crippen MR) is 94.1 cm³/mol. The van der Waals surface area contributed by atoms with Crippen molar-refractivity contribution in [1.29, 1.82) is 0 Å². The number of carbonyl (C=O) groups excluding carboxylic acids is 3. The smallest absolute Gasteiger partial charge is 0.338 e. The molecule has 25 heavy (non-hydrogen) atoms. The highest BCUT2D eigenvalue weighted by Gasteiger charge is 2.11. The second kappa shape index (κ2) is 8.63. The number of benzene rings is 2. The number of anilines is 1. The minimum atomic E-state index is -0.627. The van der Waals surface area contributed by atoms with Crippen LogP contribution < -0.4 is 10.6 Å². The van der Waals surface area contributed by atoms with Crippen molar-refractivity contribution in [1.82, 2.24) is 5.32 Å². The second-order valence-electron chi connectivity index (χ2n) is 5.60. The van der Waals surface area contributed by atoms with E-state index >= 15 is 0 Å². The Kier molecular flexibility index (Phi) is 6.28. The number of carbonyl (C=O) groups is 3. The average molecular weight is 340 g/mol. The molecule has 0 saturated heterocycles. The number of esters is 1. The third kappa shape index (κ3) is 6.10. The molecule has 0 bridgehead atoms. The van der Waals surface area contributed by atoms with E-state index in [1.807, 2.05) is 31.2 Å². The summed E-state index contributed by atoms with van der Waals surface area (Å²) < 4.78 is 4.99. The zero-order chi connectivity index (χ0) is 18.2. The molecule has 0 spiro atoms. The monoisotopic (exact) mass is 340 g/mol. The van der Waals surface area contributed by atoms with Gasteiger partial charge in [-0.3, -0.25) is 9.59 Å². The van der Waals surface area contributed by atoms with Gasteiger partial charge in [-0.15, -0.1) is 0 Å². The summed E-state index contributed by atoms with van der Waals surface area (Å²) in [6.07, 6.45) is 0. The zero-order valence-corrected chi connectivity index (χ0v) is 14.2. The van der Waals surface area contributed by atoms with Gasteiger partial charge in [0.05, 0.1) is 5.56 Å². The number of hydrogen-bond acceptors (Lipinski definition) is 4. The van der Waals surface area contributed by atoms with Gasteiger partial charge in [0.25, 0.3) is 5.91 Å². The van der Waals surface area contributed by atoms with Gasteiger partial charge in [0.1, 0.15) is 0 Å². The molecule has 6 nitrogen and oxygen atoms in total. The van der Waals surface area contributed by atoms with Crippen molar-refractivity contribution >= 4 is 23.5 Å². The van der Waals surface area contributed by atoms with E-state index in [1.54, 1.807) is 18.2 Å².